The highest BCUT2D eigenvalue weighted by molar-refractivity contribution is 7.89. The highest BCUT2D eigenvalue weighted by Gasteiger charge is 2.29. The number of carbonyl (C=O) groups excluding carboxylic acids is 1. The molecule has 2 rings (SSSR count). The molecule has 0 bridgehead atoms. The minimum Gasteiger partial charge on any atom is -0.352 e. The van der Waals surface area contributed by atoms with Gasteiger partial charge in [0, 0.05) is 19.1 Å². The predicted molar refractivity (Wildman–Crippen MR) is 85.1 cm³/mol. The van der Waals surface area contributed by atoms with Crippen LogP contribution in [0, 0.1) is 0 Å². The molecule has 0 aromatic carbocycles. The molecule has 0 saturated carbocycles. The van der Waals surface area contributed by atoms with Crippen molar-refractivity contribution in [2.75, 3.05) is 25.4 Å². The van der Waals surface area contributed by atoms with Crippen molar-refractivity contribution in [2.45, 2.75) is 51.1 Å². The fraction of sp³-hybridized carbons (Fsp3) is 0.923. The highest BCUT2D eigenvalue weighted by Crippen LogP contribution is 2.15. The number of piperidine rings is 2. The Hall–Kier alpha value is -0.370. The van der Waals surface area contributed by atoms with Gasteiger partial charge in [-0.3, -0.25) is 4.79 Å². The number of hydrogen-bond acceptors (Lipinski definition) is 4. The summed E-state index contributed by atoms with van der Waals surface area (Å²) in [6, 6.07) is 0.0377. The van der Waals surface area contributed by atoms with E-state index in [1.165, 1.54) is 4.31 Å². The number of carbonyl (C=O) groups is 1. The van der Waals surface area contributed by atoms with Crippen LogP contribution in [0.2, 0.25) is 0 Å². The summed E-state index contributed by atoms with van der Waals surface area (Å²) in [6.45, 7) is 3.60. The second kappa shape index (κ2) is 8.31. The summed E-state index contributed by atoms with van der Waals surface area (Å²) in [4.78, 5) is 12.1. The zero-order chi connectivity index (χ0) is 14.6. The van der Waals surface area contributed by atoms with E-state index in [0.29, 0.717) is 25.9 Å². The molecular weight excluding hydrogens is 314 g/mol. The standard InChI is InChI=1S/C13H25N3O3S.ClH/c1-2-20(18,19)16-9-6-11(7-10-16)15-13(17)12-5-3-4-8-14-12;/h11-12,14H,2-10H2,1H3,(H,15,17);1H. The number of sulfonamides is 1. The summed E-state index contributed by atoms with van der Waals surface area (Å²) in [5.41, 5.74) is 0. The third-order valence-electron chi connectivity index (χ3n) is 4.19. The molecule has 2 fully saturated rings. The molecule has 2 N–H and O–H groups in total. The summed E-state index contributed by atoms with van der Waals surface area (Å²) in [5, 5.41) is 6.29. The molecule has 21 heavy (non-hydrogen) atoms. The van der Waals surface area contributed by atoms with Crippen molar-refractivity contribution in [2.24, 2.45) is 0 Å². The molecule has 2 heterocycles. The van der Waals surface area contributed by atoms with Crippen molar-refractivity contribution < 1.29 is 13.2 Å². The molecule has 8 heteroatoms. The van der Waals surface area contributed by atoms with Crippen molar-refractivity contribution in [1.29, 1.82) is 0 Å². The first-order valence-electron chi connectivity index (χ1n) is 7.54. The van der Waals surface area contributed by atoms with Gasteiger partial charge in [-0.05, 0) is 39.2 Å². The summed E-state index contributed by atoms with van der Waals surface area (Å²) in [5.74, 6) is 0.220. The van der Waals surface area contributed by atoms with Gasteiger partial charge < -0.3 is 10.6 Å². The lowest BCUT2D eigenvalue weighted by molar-refractivity contribution is -0.124. The van der Waals surface area contributed by atoms with Crippen molar-refractivity contribution in [1.82, 2.24) is 14.9 Å². The third-order valence-corrected chi connectivity index (χ3v) is 6.07. The van der Waals surface area contributed by atoms with E-state index in [-0.39, 0.29) is 36.2 Å². The predicted octanol–water partition coefficient (Wildman–Crippen LogP) is 0.481. The quantitative estimate of drug-likeness (QED) is 0.781. The van der Waals surface area contributed by atoms with E-state index in [0.717, 1.165) is 25.8 Å². The topological polar surface area (TPSA) is 78.5 Å². The van der Waals surface area contributed by atoms with Crippen LogP contribution in [-0.2, 0) is 14.8 Å². The van der Waals surface area contributed by atoms with Crippen molar-refractivity contribution in [3.05, 3.63) is 0 Å². The molecule has 2 aliphatic rings. The van der Waals surface area contributed by atoms with E-state index in [2.05, 4.69) is 10.6 Å². The van der Waals surface area contributed by atoms with E-state index in [1.807, 2.05) is 0 Å². The lowest BCUT2D eigenvalue weighted by atomic mass is 10.0. The largest absolute Gasteiger partial charge is 0.352 e. The average Bonchev–Trinajstić information content (AvgIpc) is 2.48. The zero-order valence-electron chi connectivity index (χ0n) is 12.5. The SMILES string of the molecule is CCS(=O)(=O)N1CCC(NC(=O)C2CCCCN2)CC1.Cl. The lowest BCUT2D eigenvalue weighted by Crippen LogP contribution is -2.52. The number of hydrogen-bond donors (Lipinski definition) is 2. The second-order valence-electron chi connectivity index (χ2n) is 5.58. The van der Waals surface area contributed by atoms with Gasteiger partial charge in [0.1, 0.15) is 0 Å². The number of nitrogens with zero attached hydrogens (tertiary/aromatic N) is 1. The van der Waals surface area contributed by atoms with Gasteiger partial charge in [-0.1, -0.05) is 6.42 Å². The van der Waals surface area contributed by atoms with E-state index in [1.54, 1.807) is 6.92 Å². The number of halogens is 1. The summed E-state index contributed by atoms with van der Waals surface area (Å²) < 4.78 is 25.1. The first-order valence-corrected chi connectivity index (χ1v) is 9.15. The van der Waals surface area contributed by atoms with Crippen LogP contribution >= 0.6 is 12.4 Å². The van der Waals surface area contributed by atoms with E-state index in [9.17, 15) is 13.2 Å². The fourth-order valence-corrected chi connectivity index (χ4v) is 3.97. The van der Waals surface area contributed by atoms with Gasteiger partial charge in [-0.15, -0.1) is 12.4 Å². The maximum Gasteiger partial charge on any atom is 0.237 e. The van der Waals surface area contributed by atoms with E-state index < -0.39 is 10.0 Å². The van der Waals surface area contributed by atoms with Crippen LogP contribution in [0.3, 0.4) is 0 Å². The van der Waals surface area contributed by atoms with Crippen LogP contribution in [0.1, 0.15) is 39.0 Å². The number of rotatable bonds is 4. The maximum absolute atomic E-state index is 12.1. The fourth-order valence-electron chi connectivity index (χ4n) is 2.84. The van der Waals surface area contributed by atoms with E-state index >= 15 is 0 Å². The van der Waals surface area contributed by atoms with Gasteiger partial charge in [0.25, 0.3) is 0 Å². The van der Waals surface area contributed by atoms with Gasteiger partial charge in [-0.2, -0.15) is 0 Å². The van der Waals surface area contributed by atoms with Gasteiger partial charge in [0.05, 0.1) is 11.8 Å². The normalized spacial score (nSPS) is 25.1. The first-order chi connectivity index (χ1) is 9.53. The summed E-state index contributed by atoms with van der Waals surface area (Å²) >= 11 is 0. The zero-order valence-corrected chi connectivity index (χ0v) is 14.1. The van der Waals surface area contributed by atoms with Gasteiger partial charge in [0.15, 0.2) is 0 Å². The van der Waals surface area contributed by atoms with Crippen LogP contribution < -0.4 is 10.6 Å². The Bertz CT molecular complexity index is 430. The molecule has 124 valence electrons. The molecule has 1 amide bonds. The molecule has 2 aliphatic heterocycles. The molecule has 0 radical (unpaired) electrons. The van der Waals surface area contributed by atoms with E-state index in [4.69, 9.17) is 0 Å². The molecule has 6 nitrogen and oxygen atoms in total. The summed E-state index contributed by atoms with van der Waals surface area (Å²) in [7, 11) is -3.09. The molecule has 0 spiro atoms. The minimum atomic E-state index is -3.09. The second-order valence-corrected chi connectivity index (χ2v) is 7.84. The Labute approximate surface area is 133 Å². The minimum absolute atomic E-state index is 0. The van der Waals surface area contributed by atoms with Crippen molar-refractivity contribution in [3.63, 3.8) is 0 Å². The van der Waals surface area contributed by atoms with Gasteiger partial charge in [-0.25, -0.2) is 12.7 Å². The Balaban J connectivity index is 0.00000220. The maximum atomic E-state index is 12.1. The smallest absolute Gasteiger partial charge is 0.237 e. The molecule has 2 saturated heterocycles. The highest BCUT2D eigenvalue weighted by atomic mass is 35.5. The van der Waals surface area contributed by atoms with Crippen LogP contribution in [0.15, 0.2) is 0 Å². The molecule has 0 aromatic rings. The van der Waals surface area contributed by atoms with Crippen molar-refractivity contribution in [3.8, 4) is 0 Å². The Morgan fingerprint density at radius 3 is 2.43 bits per heavy atom. The Morgan fingerprint density at radius 2 is 1.90 bits per heavy atom. The average molecular weight is 340 g/mol. The summed E-state index contributed by atoms with van der Waals surface area (Å²) in [6.07, 6.45) is 4.54. The van der Waals surface area contributed by atoms with Crippen LogP contribution in [0.25, 0.3) is 0 Å². The molecule has 1 atom stereocenters. The molecule has 0 aromatic heterocycles. The molecular formula is C13H26ClN3O3S. The number of amides is 1. The monoisotopic (exact) mass is 339 g/mol. The van der Waals surface area contributed by atoms with Crippen LogP contribution in [0.4, 0.5) is 0 Å². The lowest BCUT2D eigenvalue weighted by Gasteiger charge is -2.32. The van der Waals surface area contributed by atoms with Crippen LogP contribution in [0.5, 0.6) is 0 Å². The van der Waals surface area contributed by atoms with Crippen molar-refractivity contribution >= 4 is 28.3 Å². The van der Waals surface area contributed by atoms with Gasteiger partial charge >= 0.3 is 0 Å². The third kappa shape index (κ3) is 5.09. The first kappa shape index (κ1) is 18.7. The van der Waals surface area contributed by atoms with Gasteiger partial charge in [0.2, 0.25) is 15.9 Å². The Kier molecular flexibility index (Phi) is 7.39. The van der Waals surface area contributed by atoms with Crippen LogP contribution in [-0.4, -0.2) is 56.1 Å². The molecule has 1 unspecified atom stereocenters. The number of nitrogens with one attached hydrogen (secondary N) is 2. The Morgan fingerprint density at radius 1 is 1.24 bits per heavy atom. The molecule has 0 aliphatic carbocycles.